The SMILES string of the molecule is O=C(Cc1ccncc1)NC(CO)C(=O)NCc1ccccc1. The van der Waals surface area contributed by atoms with Gasteiger partial charge in [0.05, 0.1) is 13.0 Å². The van der Waals surface area contributed by atoms with Gasteiger partial charge in [0.1, 0.15) is 6.04 Å². The third-order valence-corrected chi connectivity index (χ3v) is 3.26. The van der Waals surface area contributed by atoms with E-state index in [1.165, 1.54) is 0 Å². The smallest absolute Gasteiger partial charge is 0.245 e. The minimum atomic E-state index is -0.965. The number of amides is 2. The maximum absolute atomic E-state index is 12.0. The van der Waals surface area contributed by atoms with Crippen LogP contribution in [0.3, 0.4) is 0 Å². The van der Waals surface area contributed by atoms with E-state index in [0.717, 1.165) is 11.1 Å². The van der Waals surface area contributed by atoms with Gasteiger partial charge < -0.3 is 15.7 Å². The van der Waals surface area contributed by atoms with Crippen molar-refractivity contribution in [2.24, 2.45) is 0 Å². The lowest BCUT2D eigenvalue weighted by molar-refractivity contribution is -0.129. The Bertz CT molecular complexity index is 632. The average Bonchev–Trinajstić information content (AvgIpc) is 2.59. The van der Waals surface area contributed by atoms with Crippen LogP contribution in [0.2, 0.25) is 0 Å². The first-order chi connectivity index (χ1) is 11.2. The third kappa shape index (κ3) is 5.52. The zero-order valence-electron chi connectivity index (χ0n) is 12.6. The van der Waals surface area contributed by atoms with E-state index in [4.69, 9.17) is 0 Å². The molecule has 0 aliphatic heterocycles. The molecule has 2 amide bonds. The van der Waals surface area contributed by atoms with Crippen LogP contribution in [0, 0.1) is 0 Å². The summed E-state index contributed by atoms with van der Waals surface area (Å²) in [6.45, 7) is -0.112. The fraction of sp³-hybridized carbons (Fsp3) is 0.235. The lowest BCUT2D eigenvalue weighted by Gasteiger charge is -2.16. The van der Waals surface area contributed by atoms with Crippen LogP contribution in [0.15, 0.2) is 54.9 Å². The van der Waals surface area contributed by atoms with Crippen LogP contribution in [0.4, 0.5) is 0 Å². The van der Waals surface area contributed by atoms with Gasteiger partial charge in [-0.15, -0.1) is 0 Å². The molecule has 2 aromatic rings. The summed E-state index contributed by atoms with van der Waals surface area (Å²) in [5.74, 6) is -0.746. The summed E-state index contributed by atoms with van der Waals surface area (Å²) in [6, 6.07) is 11.9. The summed E-state index contributed by atoms with van der Waals surface area (Å²) in [7, 11) is 0. The highest BCUT2D eigenvalue weighted by Gasteiger charge is 2.19. The van der Waals surface area contributed by atoms with Crippen LogP contribution in [-0.4, -0.2) is 34.6 Å². The Hall–Kier alpha value is -2.73. The van der Waals surface area contributed by atoms with Crippen molar-refractivity contribution in [3.05, 3.63) is 66.0 Å². The molecule has 120 valence electrons. The molecule has 0 radical (unpaired) electrons. The number of carbonyl (C=O) groups is 2. The second-order valence-electron chi connectivity index (χ2n) is 5.04. The van der Waals surface area contributed by atoms with Crippen LogP contribution >= 0.6 is 0 Å². The number of pyridine rings is 1. The van der Waals surface area contributed by atoms with Gasteiger partial charge in [0.25, 0.3) is 0 Å². The van der Waals surface area contributed by atoms with Crippen LogP contribution < -0.4 is 10.6 Å². The van der Waals surface area contributed by atoms with Gasteiger partial charge >= 0.3 is 0 Å². The molecule has 6 nitrogen and oxygen atoms in total. The van der Waals surface area contributed by atoms with Gasteiger partial charge in [0, 0.05) is 18.9 Å². The largest absolute Gasteiger partial charge is 0.394 e. The Morgan fingerprint density at radius 1 is 1.04 bits per heavy atom. The molecule has 0 spiro atoms. The van der Waals surface area contributed by atoms with Gasteiger partial charge in [-0.1, -0.05) is 30.3 Å². The highest BCUT2D eigenvalue weighted by Crippen LogP contribution is 1.99. The van der Waals surface area contributed by atoms with Crippen molar-refractivity contribution in [3.8, 4) is 0 Å². The highest BCUT2D eigenvalue weighted by molar-refractivity contribution is 5.88. The normalized spacial score (nSPS) is 11.5. The Morgan fingerprint density at radius 3 is 2.39 bits per heavy atom. The standard InChI is InChI=1S/C17H19N3O3/c21-12-15(17(23)19-11-14-4-2-1-3-5-14)20-16(22)10-13-6-8-18-9-7-13/h1-9,15,21H,10-12H2,(H,19,23)(H,20,22). The number of hydrogen-bond acceptors (Lipinski definition) is 4. The first-order valence-corrected chi connectivity index (χ1v) is 7.30. The lowest BCUT2D eigenvalue weighted by atomic mass is 10.1. The van der Waals surface area contributed by atoms with Crippen molar-refractivity contribution in [1.82, 2.24) is 15.6 Å². The molecule has 1 heterocycles. The van der Waals surface area contributed by atoms with Crippen LogP contribution in [0.25, 0.3) is 0 Å². The van der Waals surface area contributed by atoms with Gasteiger partial charge in [0.15, 0.2) is 0 Å². The summed E-state index contributed by atoms with van der Waals surface area (Å²) in [6.07, 6.45) is 3.32. The number of aliphatic hydroxyl groups excluding tert-OH is 1. The second-order valence-corrected chi connectivity index (χ2v) is 5.04. The molecular weight excluding hydrogens is 294 g/mol. The van der Waals surface area contributed by atoms with Crippen LogP contribution in [0.1, 0.15) is 11.1 Å². The number of aromatic nitrogens is 1. The van der Waals surface area contributed by atoms with Crippen LogP contribution in [0.5, 0.6) is 0 Å². The molecule has 1 aromatic heterocycles. The molecule has 0 bridgehead atoms. The van der Waals surface area contributed by atoms with E-state index in [1.807, 2.05) is 30.3 Å². The Kier molecular flexibility index (Phi) is 6.26. The Labute approximate surface area is 134 Å². The summed E-state index contributed by atoms with van der Waals surface area (Å²) in [5, 5.41) is 14.5. The number of carbonyl (C=O) groups excluding carboxylic acids is 2. The van der Waals surface area contributed by atoms with Crippen molar-refractivity contribution >= 4 is 11.8 Å². The van der Waals surface area contributed by atoms with Crippen molar-refractivity contribution in [2.75, 3.05) is 6.61 Å². The van der Waals surface area contributed by atoms with E-state index in [0.29, 0.717) is 6.54 Å². The predicted molar refractivity (Wildman–Crippen MR) is 85.2 cm³/mol. The molecule has 6 heteroatoms. The molecule has 0 fully saturated rings. The van der Waals surface area contributed by atoms with Gasteiger partial charge in [-0.25, -0.2) is 0 Å². The summed E-state index contributed by atoms with van der Waals surface area (Å²) < 4.78 is 0. The van der Waals surface area contributed by atoms with Gasteiger partial charge in [0.2, 0.25) is 11.8 Å². The number of nitrogens with zero attached hydrogens (tertiary/aromatic N) is 1. The van der Waals surface area contributed by atoms with Crippen molar-refractivity contribution in [1.29, 1.82) is 0 Å². The number of benzene rings is 1. The highest BCUT2D eigenvalue weighted by atomic mass is 16.3. The third-order valence-electron chi connectivity index (χ3n) is 3.26. The quantitative estimate of drug-likeness (QED) is 0.691. The van der Waals surface area contributed by atoms with Gasteiger partial charge in [-0.3, -0.25) is 14.6 Å². The Morgan fingerprint density at radius 2 is 1.74 bits per heavy atom. The van der Waals surface area contributed by atoms with E-state index in [1.54, 1.807) is 24.5 Å². The van der Waals surface area contributed by atoms with E-state index >= 15 is 0 Å². The lowest BCUT2D eigenvalue weighted by Crippen LogP contribution is -2.49. The predicted octanol–water partition coefficient (Wildman–Crippen LogP) is 0.418. The fourth-order valence-electron chi connectivity index (χ4n) is 2.03. The topological polar surface area (TPSA) is 91.3 Å². The van der Waals surface area contributed by atoms with Crippen molar-refractivity contribution in [3.63, 3.8) is 0 Å². The maximum atomic E-state index is 12.0. The molecule has 1 atom stereocenters. The van der Waals surface area contributed by atoms with Gasteiger partial charge in [-0.05, 0) is 23.3 Å². The molecule has 0 aliphatic rings. The number of aliphatic hydroxyl groups is 1. The molecule has 1 aromatic carbocycles. The van der Waals surface area contributed by atoms with E-state index < -0.39 is 18.6 Å². The monoisotopic (exact) mass is 313 g/mol. The second kappa shape index (κ2) is 8.65. The molecule has 1 unspecified atom stereocenters. The average molecular weight is 313 g/mol. The van der Waals surface area contributed by atoms with E-state index in [2.05, 4.69) is 15.6 Å². The molecule has 0 saturated heterocycles. The van der Waals surface area contributed by atoms with E-state index in [-0.39, 0.29) is 12.3 Å². The van der Waals surface area contributed by atoms with Crippen LogP contribution in [-0.2, 0) is 22.6 Å². The number of nitrogens with one attached hydrogen (secondary N) is 2. The molecule has 0 saturated carbocycles. The first kappa shape index (κ1) is 16.6. The summed E-state index contributed by atoms with van der Waals surface area (Å²) in [5.41, 5.74) is 1.74. The molecule has 3 N–H and O–H groups in total. The Balaban J connectivity index is 1.83. The first-order valence-electron chi connectivity index (χ1n) is 7.30. The molecular formula is C17H19N3O3. The molecule has 0 aliphatic carbocycles. The zero-order valence-corrected chi connectivity index (χ0v) is 12.6. The van der Waals surface area contributed by atoms with Crippen molar-refractivity contribution < 1.29 is 14.7 Å². The molecule has 23 heavy (non-hydrogen) atoms. The molecule has 2 rings (SSSR count). The maximum Gasteiger partial charge on any atom is 0.245 e. The zero-order chi connectivity index (χ0) is 16.5. The summed E-state index contributed by atoms with van der Waals surface area (Å²) in [4.78, 5) is 27.9. The minimum Gasteiger partial charge on any atom is -0.394 e. The fourth-order valence-corrected chi connectivity index (χ4v) is 2.03. The van der Waals surface area contributed by atoms with Crippen molar-refractivity contribution in [2.45, 2.75) is 19.0 Å². The number of rotatable bonds is 7. The number of hydrogen-bond donors (Lipinski definition) is 3. The van der Waals surface area contributed by atoms with Gasteiger partial charge in [-0.2, -0.15) is 0 Å². The van der Waals surface area contributed by atoms with E-state index in [9.17, 15) is 14.7 Å². The minimum absolute atomic E-state index is 0.130. The summed E-state index contributed by atoms with van der Waals surface area (Å²) >= 11 is 0.